The summed E-state index contributed by atoms with van der Waals surface area (Å²) in [6.45, 7) is -0.0505. The minimum atomic E-state index is -1.09. The second-order valence-corrected chi connectivity index (χ2v) is 11.0. The number of fused-ring (bicyclic) bond motifs is 1. The first-order chi connectivity index (χ1) is 18.4. The predicted molar refractivity (Wildman–Crippen MR) is 136 cm³/mol. The fraction of sp³-hybridized carbons (Fsp3) is 0.517. The highest BCUT2D eigenvalue weighted by Crippen LogP contribution is 2.42. The van der Waals surface area contributed by atoms with Crippen molar-refractivity contribution in [2.45, 2.75) is 95.5 Å². The van der Waals surface area contributed by atoms with Gasteiger partial charge in [0.15, 0.2) is 5.43 Å². The van der Waals surface area contributed by atoms with E-state index in [4.69, 9.17) is 4.74 Å². The lowest BCUT2D eigenvalue weighted by Gasteiger charge is -2.39. The summed E-state index contributed by atoms with van der Waals surface area (Å²) in [5.41, 5.74) is 2.89. The van der Waals surface area contributed by atoms with Gasteiger partial charge in [-0.05, 0) is 56.4 Å². The number of halogens is 3. The van der Waals surface area contributed by atoms with Gasteiger partial charge in [-0.1, -0.05) is 19.3 Å². The molecule has 2 aromatic rings. The number of pyridine rings is 1. The highest BCUT2D eigenvalue weighted by molar-refractivity contribution is 5.94. The van der Waals surface area contributed by atoms with E-state index in [2.05, 4.69) is 10.6 Å². The van der Waals surface area contributed by atoms with Crippen LogP contribution in [0.1, 0.15) is 97.3 Å². The molecule has 2 heterocycles. The van der Waals surface area contributed by atoms with E-state index in [0.717, 1.165) is 75.6 Å². The SMILES string of the molecule is O=C(NCc1c(F)cc(F)cc1F)c1cn2c(c(C3CCC3)c1=O)C(=C1CCC1)NC(OC1CCCC1)C2. The minimum Gasteiger partial charge on any atom is -0.357 e. The Bertz CT molecular complexity index is 1330. The molecule has 6 nitrogen and oxygen atoms in total. The number of aromatic nitrogens is 1. The third kappa shape index (κ3) is 4.65. The van der Waals surface area contributed by atoms with Gasteiger partial charge >= 0.3 is 0 Å². The molecule has 9 heteroatoms. The molecule has 3 aliphatic carbocycles. The number of hydrogen-bond donors (Lipinski definition) is 2. The molecule has 3 saturated carbocycles. The molecule has 202 valence electrons. The number of amides is 1. The van der Waals surface area contributed by atoms with Crippen LogP contribution in [0.25, 0.3) is 5.70 Å². The Morgan fingerprint density at radius 3 is 2.34 bits per heavy atom. The van der Waals surface area contributed by atoms with E-state index in [1.54, 1.807) is 6.20 Å². The number of hydrogen-bond acceptors (Lipinski definition) is 4. The number of nitrogens with zero attached hydrogens (tertiary/aromatic N) is 1. The maximum atomic E-state index is 14.1. The van der Waals surface area contributed by atoms with E-state index in [9.17, 15) is 22.8 Å². The van der Waals surface area contributed by atoms with Gasteiger partial charge in [0.2, 0.25) is 0 Å². The number of carbonyl (C=O) groups is 1. The van der Waals surface area contributed by atoms with Crippen LogP contribution < -0.4 is 16.1 Å². The van der Waals surface area contributed by atoms with E-state index in [1.807, 2.05) is 4.57 Å². The van der Waals surface area contributed by atoms with E-state index >= 15 is 0 Å². The highest BCUT2D eigenvalue weighted by Gasteiger charge is 2.36. The zero-order valence-electron chi connectivity index (χ0n) is 21.3. The molecular formula is C29H32F3N3O3. The number of nitrogens with one attached hydrogen (secondary N) is 2. The molecule has 0 spiro atoms. The van der Waals surface area contributed by atoms with E-state index in [1.165, 1.54) is 5.57 Å². The van der Waals surface area contributed by atoms with Crippen molar-refractivity contribution in [3.05, 3.63) is 74.0 Å². The summed E-state index contributed by atoms with van der Waals surface area (Å²) in [5, 5.41) is 6.08. The van der Waals surface area contributed by atoms with Gasteiger partial charge < -0.3 is 19.9 Å². The molecule has 2 N–H and O–H groups in total. The molecule has 3 fully saturated rings. The van der Waals surface area contributed by atoms with Gasteiger partial charge in [-0.15, -0.1) is 0 Å². The number of ether oxygens (including phenoxy) is 1. The topological polar surface area (TPSA) is 72.4 Å². The molecular weight excluding hydrogens is 495 g/mol. The van der Waals surface area contributed by atoms with Crippen LogP contribution in [0.2, 0.25) is 0 Å². The van der Waals surface area contributed by atoms with Crippen molar-refractivity contribution in [1.29, 1.82) is 0 Å². The molecule has 1 aromatic carbocycles. The molecule has 0 radical (unpaired) electrons. The summed E-state index contributed by atoms with van der Waals surface area (Å²) in [5.74, 6) is -3.86. The Kier molecular flexibility index (Phi) is 6.80. The summed E-state index contributed by atoms with van der Waals surface area (Å²) in [7, 11) is 0. The normalized spacial score (nSPS) is 21.5. The molecule has 1 atom stereocenters. The fourth-order valence-corrected chi connectivity index (χ4v) is 6.01. The number of benzene rings is 1. The Morgan fingerprint density at radius 2 is 1.74 bits per heavy atom. The summed E-state index contributed by atoms with van der Waals surface area (Å²) in [6, 6.07) is 1.14. The summed E-state index contributed by atoms with van der Waals surface area (Å²) >= 11 is 0. The van der Waals surface area contributed by atoms with Crippen molar-refractivity contribution in [3.8, 4) is 0 Å². The number of rotatable bonds is 6. The zero-order chi connectivity index (χ0) is 26.4. The van der Waals surface area contributed by atoms with Crippen molar-refractivity contribution in [2.75, 3.05) is 0 Å². The van der Waals surface area contributed by atoms with E-state index in [-0.39, 0.29) is 29.2 Å². The predicted octanol–water partition coefficient (Wildman–Crippen LogP) is 5.25. The third-order valence-corrected chi connectivity index (χ3v) is 8.48. The maximum Gasteiger partial charge on any atom is 0.257 e. The first kappa shape index (κ1) is 25.2. The van der Waals surface area contributed by atoms with E-state index < -0.39 is 35.5 Å². The van der Waals surface area contributed by atoms with E-state index in [0.29, 0.717) is 24.2 Å². The lowest BCUT2D eigenvalue weighted by Crippen LogP contribution is -2.46. The standard InChI is InChI=1S/C29H32F3N3O3/c30-18-11-22(31)20(23(32)12-18)13-33-29(37)21-14-35-15-24(38-19-9-1-2-10-19)34-26(17-7-4-8-17)27(35)25(28(21)36)16-5-3-6-16/h11-12,14,16,19,24,34H,1-10,13,15H2,(H,33,37). The zero-order valence-corrected chi connectivity index (χ0v) is 21.3. The largest absolute Gasteiger partial charge is 0.357 e. The minimum absolute atomic E-state index is 0.0574. The van der Waals surface area contributed by atoms with Gasteiger partial charge in [0.1, 0.15) is 29.2 Å². The van der Waals surface area contributed by atoms with Crippen molar-refractivity contribution < 1.29 is 22.7 Å². The monoisotopic (exact) mass is 527 g/mol. The molecule has 38 heavy (non-hydrogen) atoms. The van der Waals surface area contributed by atoms with Crippen LogP contribution in [0.3, 0.4) is 0 Å². The van der Waals surface area contributed by atoms with Gasteiger partial charge in [0, 0.05) is 36.0 Å². The average molecular weight is 528 g/mol. The second-order valence-electron chi connectivity index (χ2n) is 11.0. The van der Waals surface area contributed by atoms with Gasteiger partial charge in [0.25, 0.3) is 5.91 Å². The molecule has 1 unspecified atom stereocenters. The van der Waals surface area contributed by atoms with Crippen LogP contribution in [0.4, 0.5) is 13.2 Å². The molecule has 0 bridgehead atoms. The second kappa shape index (κ2) is 10.2. The Morgan fingerprint density at radius 1 is 1.03 bits per heavy atom. The van der Waals surface area contributed by atoms with Crippen LogP contribution in [0.5, 0.6) is 0 Å². The molecule has 1 amide bonds. The maximum absolute atomic E-state index is 14.1. The first-order valence-corrected chi connectivity index (χ1v) is 13.7. The summed E-state index contributed by atoms with van der Waals surface area (Å²) < 4.78 is 49.9. The fourth-order valence-electron chi connectivity index (χ4n) is 6.01. The van der Waals surface area contributed by atoms with Crippen molar-refractivity contribution in [1.82, 2.24) is 15.2 Å². The summed E-state index contributed by atoms with van der Waals surface area (Å²) in [6.07, 6.45) is 11.7. The van der Waals surface area contributed by atoms with Crippen molar-refractivity contribution in [3.63, 3.8) is 0 Å². The molecule has 4 aliphatic rings. The Labute approximate surface area is 219 Å². The van der Waals surface area contributed by atoms with Crippen molar-refractivity contribution in [2.24, 2.45) is 0 Å². The smallest absolute Gasteiger partial charge is 0.257 e. The highest BCUT2D eigenvalue weighted by atomic mass is 19.1. The molecule has 6 rings (SSSR count). The van der Waals surface area contributed by atoms with Crippen LogP contribution >= 0.6 is 0 Å². The van der Waals surface area contributed by atoms with Crippen LogP contribution in [-0.2, 0) is 17.8 Å². The van der Waals surface area contributed by atoms with Gasteiger partial charge in [-0.3, -0.25) is 9.59 Å². The quantitative estimate of drug-likeness (QED) is 0.539. The van der Waals surface area contributed by atoms with Crippen LogP contribution in [0.15, 0.2) is 28.7 Å². The van der Waals surface area contributed by atoms with Crippen LogP contribution in [-0.4, -0.2) is 22.8 Å². The van der Waals surface area contributed by atoms with Crippen LogP contribution in [0, 0.1) is 17.5 Å². The van der Waals surface area contributed by atoms with Crippen molar-refractivity contribution >= 4 is 11.6 Å². The number of allylic oxidation sites excluding steroid dienone is 1. The number of carbonyl (C=O) groups excluding carboxylic acids is 1. The molecule has 1 aromatic heterocycles. The Hall–Kier alpha value is -3.07. The molecule has 0 saturated heterocycles. The third-order valence-electron chi connectivity index (χ3n) is 8.48. The van der Waals surface area contributed by atoms with Gasteiger partial charge in [-0.2, -0.15) is 0 Å². The Balaban J connectivity index is 1.36. The average Bonchev–Trinajstić information content (AvgIpc) is 3.30. The van der Waals surface area contributed by atoms with Gasteiger partial charge in [-0.25, -0.2) is 13.2 Å². The lowest BCUT2D eigenvalue weighted by atomic mass is 9.77. The molecule has 1 aliphatic heterocycles. The summed E-state index contributed by atoms with van der Waals surface area (Å²) in [4.78, 5) is 27.0. The lowest BCUT2D eigenvalue weighted by molar-refractivity contribution is -0.0299. The first-order valence-electron chi connectivity index (χ1n) is 13.7. The van der Waals surface area contributed by atoms with Gasteiger partial charge in [0.05, 0.1) is 24.0 Å².